The van der Waals surface area contributed by atoms with Gasteiger partial charge in [-0.2, -0.15) is 0 Å². The average molecular weight is 730 g/mol. The lowest BCUT2D eigenvalue weighted by Gasteiger charge is -2.50. The molecule has 2 aliphatic heterocycles. The summed E-state index contributed by atoms with van der Waals surface area (Å²) in [5.74, 6) is 4.42. The van der Waals surface area contributed by atoms with Crippen LogP contribution in [-0.4, -0.2) is 64.4 Å². The van der Waals surface area contributed by atoms with Crippen molar-refractivity contribution in [2.75, 3.05) is 31.7 Å². The number of Topliss-reactive ketones (excluding diaryl/α,β-unsaturated/α-hetero) is 1. The van der Waals surface area contributed by atoms with E-state index < -0.39 is 26.5 Å². The number of rotatable bonds is 4. The Labute approximate surface area is 307 Å². The van der Waals surface area contributed by atoms with Gasteiger partial charge in [0.1, 0.15) is 11.4 Å². The number of ketones is 1. The van der Waals surface area contributed by atoms with Crippen LogP contribution in [0.15, 0.2) is 72.9 Å². The van der Waals surface area contributed by atoms with Crippen molar-refractivity contribution in [2.24, 2.45) is 17.8 Å². The monoisotopic (exact) mass is 729 g/mol. The lowest BCUT2D eigenvalue weighted by Crippen LogP contribution is -2.53. The minimum Gasteiger partial charge on any atom is -0.490 e. The van der Waals surface area contributed by atoms with Crippen LogP contribution < -0.4 is 14.4 Å². The van der Waals surface area contributed by atoms with Gasteiger partial charge in [-0.1, -0.05) is 42.8 Å². The fourth-order valence-corrected chi connectivity index (χ4v) is 10.5. The highest BCUT2D eigenvalue weighted by molar-refractivity contribution is 7.99. The summed E-state index contributed by atoms with van der Waals surface area (Å²) in [7, 11) is -1.31. The summed E-state index contributed by atoms with van der Waals surface area (Å²) in [4.78, 5) is 34.3. The van der Waals surface area contributed by atoms with Gasteiger partial charge in [0, 0.05) is 54.1 Å². The highest BCUT2D eigenvalue weighted by Gasteiger charge is 2.50. The van der Waals surface area contributed by atoms with Crippen molar-refractivity contribution in [3.8, 4) is 5.75 Å². The maximum absolute atomic E-state index is 14.0. The number of hydrogen-bond donors (Lipinski definition) is 1. The Morgan fingerprint density at radius 1 is 1.18 bits per heavy atom. The Hall–Kier alpha value is -3.66. The van der Waals surface area contributed by atoms with Crippen LogP contribution in [-0.2, 0) is 26.3 Å². The number of carbonyl (C=O) groups is 2. The molecule has 1 aromatic heterocycles. The quantitative estimate of drug-likeness (QED) is 0.172. The number of amides is 1. The van der Waals surface area contributed by atoms with Crippen LogP contribution in [0.2, 0.25) is 5.02 Å². The normalized spacial score (nSPS) is 32.7. The van der Waals surface area contributed by atoms with Crippen LogP contribution in [0.25, 0.3) is 0 Å². The Morgan fingerprint density at radius 3 is 2.76 bits per heavy atom. The van der Waals surface area contributed by atoms with Gasteiger partial charge in [-0.25, -0.2) is 4.21 Å². The number of benzene rings is 2. The highest BCUT2D eigenvalue weighted by Crippen LogP contribution is 2.50. The minimum absolute atomic E-state index is 0.0524. The first-order valence-corrected chi connectivity index (χ1v) is 20.3. The molecule has 1 amide bonds. The van der Waals surface area contributed by atoms with E-state index in [9.17, 15) is 13.8 Å². The zero-order chi connectivity index (χ0) is 36.0. The molecule has 7 atom stereocenters. The third-order valence-corrected chi connectivity index (χ3v) is 14.6. The van der Waals surface area contributed by atoms with Gasteiger partial charge >= 0.3 is 0 Å². The number of anilines is 1. The predicted octanol–water partition coefficient (Wildman–Crippen LogP) is 7.24. The molecule has 7 rings (SSSR count). The van der Waals surface area contributed by atoms with Crippen LogP contribution >= 0.6 is 11.6 Å². The van der Waals surface area contributed by atoms with E-state index >= 15 is 0 Å². The number of aryl methyl sites for hydroxylation is 1. The summed E-state index contributed by atoms with van der Waals surface area (Å²) < 4.78 is 29.9. The molecule has 0 saturated heterocycles. The lowest BCUT2D eigenvalue weighted by molar-refractivity contribution is -0.0742. The van der Waals surface area contributed by atoms with Gasteiger partial charge in [-0.15, -0.1) is 0 Å². The van der Waals surface area contributed by atoms with Crippen molar-refractivity contribution < 1.29 is 23.3 Å². The molecule has 0 radical (unpaired) electrons. The molecule has 3 heterocycles. The van der Waals surface area contributed by atoms with Crippen LogP contribution in [0.3, 0.4) is 0 Å². The number of fused-ring (bicyclic) bond motifs is 4. The molecule has 1 saturated carbocycles. The van der Waals surface area contributed by atoms with E-state index in [1.165, 1.54) is 11.1 Å². The molecule has 2 bridgehead atoms. The molecule has 1 fully saturated rings. The van der Waals surface area contributed by atoms with Gasteiger partial charge in [0.25, 0.3) is 5.91 Å². The lowest BCUT2D eigenvalue weighted by atomic mass is 9.62. The van der Waals surface area contributed by atoms with Gasteiger partial charge in [0.15, 0.2) is 5.78 Å². The first-order valence-electron chi connectivity index (χ1n) is 18.1. The summed E-state index contributed by atoms with van der Waals surface area (Å²) in [6.45, 7) is 5.75. The average Bonchev–Trinajstić information content (AvgIpc) is 3.25. The molecule has 1 spiro atoms. The van der Waals surface area contributed by atoms with Crippen molar-refractivity contribution in [2.45, 2.75) is 75.1 Å². The molecular formula is C41H48ClN3O5S. The SMILES string of the molecule is C=S1(=O)NC(=O)c2ccc3c(c2)N(C[C@@H]2CC[C@H]2[C@@](CC(=O)c2ccccn2)(OC)/C=C/C[C@H](C)[C@H]1C)C[C@@]1(CCCc2cc(Cl)ccc21)CO3. The second-order valence-electron chi connectivity index (χ2n) is 15.2. The molecule has 270 valence electrons. The van der Waals surface area contributed by atoms with Gasteiger partial charge in [-0.05, 0) is 123 Å². The van der Waals surface area contributed by atoms with E-state index in [-0.39, 0.29) is 35.4 Å². The van der Waals surface area contributed by atoms with Crippen molar-refractivity contribution in [3.63, 3.8) is 0 Å². The Balaban J connectivity index is 1.33. The third-order valence-electron chi connectivity index (χ3n) is 12.1. The predicted molar refractivity (Wildman–Crippen MR) is 204 cm³/mol. The number of carbonyl (C=O) groups excluding carboxylic acids is 2. The number of nitrogens with one attached hydrogen (secondary N) is 1. The smallest absolute Gasteiger partial charge is 0.262 e. The number of ether oxygens (including phenoxy) is 2. The molecule has 2 aliphatic carbocycles. The maximum Gasteiger partial charge on any atom is 0.262 e. The van der Waals surface area contributed by atoms with Crippen molar-refractivity contribution in [3.05, 3.63) is 100 Å². The van der Waals surface area contributed by atoms with Crippen LogP contribution in [0.5, 0.6) is 5.75 Å². The molecule has 4 aliphatic rings. The maximum atomic E-state index is 14.0. The second-order valence-corrected chi connectivity index (χ2v) is 18.0. The van der Waals surface area contributed by atoms with Crippen molar-refractivity contribution in [1.82, 2.24) is 9.71 Å². The zero-order valence-electron chi connectivity index (χ0n) is 29.7. The van der Waals surface area contributed by atoms with Gasteiger partial charge in [0.05, 0.1) is 27.6 Å². The van der Waals surface area contributed by atoms with E-state index in [0.29, 0.717) is 43.1 Å². The van der Waals surface area contributed by atoms with Crippen molar-refractivity contribution >= 4 is 44.6 Å². The third kappa shape index (κ3) is 6.85. The summed E-state index contributed by atoms with van der Waals surface area (Å²) in [6, 6.07) is 17.1. The number of halogens is 1. The number of methoxy groups -OCH3 is 1. The molecular weight excluding hydrogens is 682 g/mol. The molecule has 8 nitrogen and oxygen atoms in total. The topological polar surface area (TPSA) is 97.8 Å². The Morgan fingerprint density at radius 2 is 2.02 bits per heavy atom. The molecule has 2 aromatic carbocycles. The van der Waals surface area contributed by atoms with Crippen molar-refractivity contribution in [1.29, 1.82) is 0 Å². The Kier molecular flexibility index (Phi) is 9.84. The summed E-state index contributed by atoms with van der Waals surface area (Å²) in [5, 5.41) is 0.319. The van der Waals surface area contributed by atoms with E-state index in [0.717, 1.165) is 42.8 Å². The molecule has 1 unspecified atom stereocenters. The largest absolute Gasteiger partial charge is 0.490 e. The van der Waals surface area contributed by atoms with Gasteiger partial charge < -0.3 is 14.4 Å². The van der Waals surface area contributed by atoms with E-state index in [2.05, 4.69) is 44.8 Å². The van der Waals surface area contributed by atoms with Gasteiger partial charge in [-0.3, -0.25) is 19.3 Å². The second kappa shape index (κ2) is 14.1. The van der Waals surface area contributed by atoms with Crippen LogP contribution in [0.1, 0.15) is 84.3 Å². The van der Waals surface area contributed by atoms with Crippen LogP contribution in [0.4, 0.5) is 5.69 Å². The number of pyridine rings is 1. The van der Waals surface area contributed by atoms with Crippen LogP contribution in [0, 0.1) is 17.8 Å². The zero-order valence-corrected chi connectivity index (χ0v) is 31.3. The number of aromatic nitrogens is 1. The molecule has 1 N–H and O–H groups in total. The number of nitrogens with zero attached hydrogens (tertiary/aromatic N) is 2. The molecule has 51 heavy (non-hydrogen) atoms. The fraction of sp³-hybridized carbons (Fsp3) is 0.463. The Bertz CT molecular complexity index is 1950. The first-order chi connectivity index (χ1) is 24.4. The first kappa shape index (κ1) is 35.7. The summed E-state index contributed by atoms with van der Waals surface area (Å²) in [5.41, 5.74) is 3.02. The molecule has 10 heteroatoms. The highest BCUT2D eigenvalue weighted by atomic mass is 35.5. The standard InChI is InChI=1S/C41H48ClN3O5S/c1-27-9-7-19-41(49-3,23-37(46)35-11-5-6-20-43-35)34-15-12-31(34)24-45-25-40(18-8-10-29-21-32(42)14-16-33(29)40)26-50-38-17-13-30(22-36(38)45)39(47)44-51(4,48)28(27)2/h5-7,11,13-14,16-17,19-22,27-28,31,34H,4,8-10,12,15,18,23-26H2,1-3H3,(H,44,47,48)/b19-7+/t27-,28+,31-,34+,40-,41+,51?/m0/s1. The number of allylic oxidation sites excluding steroid dienone is 1. The van der Waals surface area contributed by atoms with E-state index in [1.807, 2.05) is 44.2 Å². The van der Waals surface area contributed by atoms with E-state index in [1.54, 1.807) is 25.4 Å². The van der Waals surface area contributed by atoms with E-state index in [4.69, 9.17) is 21.1 Å². The number of hydrogen-bond acceptors (Lipinski definition) is 7. The fourth-order valence-electron chi connectivity index (χ4n) is 8.80. The molecule has 3 aromatic rings. The minimum atomic E-state index is -3.02. The summed E-state index contributed by atoms with van der Waals surface area (Å²) >= 11 is 6.48. The van der Waals surface area contributed by atoms with Gasteiger partial charge in [0.2, 0.25) is 0 Å². The summed E-state index contributed by atoms with van der Waals surface area (Å²) in [6.07, 6.45) is 11.3.